The van der Waals surface area contributed by atoms with Gasteiger partial charge in [0.05, 0.1) is 12.0 Å². The lowest BCUT2D eigenvalue weighted by Crippen LogP contribution is -2.30. The monoisotopic (exact) mass is 428 g/mol. The van der Waals surface area contributed by atoms with Crippen molar-refractivity contribution in [3.63, 3.8) is 0 Å². The number of amides is 1. The molecule has 0 saturated heterocycles. The molecule has 1 aromatic carbocycles. The molecule has 1 atom stereocenters. The van der Waals surface area contributed by atoms with Crippen LogP contribution in [0.2, 0.25) is 5.02 Å². The number of nitrogens with zero attached hydrogens (tertiary/aromatic N) is 3. The number of furan rings is 1. The Bertz CT molecular complexity index is 1030. The predicted molar refractivity (Wildman–Crippen MR) is 112 cm³/mol. The Hall–Kier alpha value is -3.10. The first-order chi connectivity index (χ1) is 14.1. The van der Waals surface area contributed by atoms with Crippen molar-refractivity contribution in [2.45, 2.75) is 12.5 Å². The smallest absolute Gasteiger partial charge is 0.284 e. The fourth-order valence-corrected chi connectivity index (χ4v) is 3.72. The number of halogens is 1. The lowest BCUT2D eigenvalue weighted by Gasteiger charge is -2.19. The van der Waals surface area contributed by atoms with E-state index in [0.717, 1.165) is 16.8 Å². The highest BCUT2D eigenvalue weighted by atomic mass is 35.5. The number of hydrazone groups is 1. The number of benzene rings is 1. The molecule has 7 nitrogen and oxygen atoms in total. The standard InChI is InChI=1S/C20H17ClN4O3S/c21-15-5-3-13(4-6-15)16-10-17(18-2-1-8-27-18)25(23-16)19(26)11-28-24-20(22)14-7-9-29-12-14/h1-9,12,17H,10-11H2,(H2,22,24). The summed E-state index contributed by atoms with van der Waals surface area (Å²) in [4.78, 5) is 17.9. The Balaban J connectivity index is 1.50. The van der Waals surface area contributed by atoms with Gasteiger partial charge in [-0.1, -0.05) is 28.9 Å². The summed E-state index contributed by atoms with van der Waals surface area (Å²) in [5, 5.41) is 14.1. The quantitative estimate of drug-likeness (QED) is 0.364. The maximum absolute atomic E-state index is 12.8. The minimum Gasteiger partial charge on any atom is -0.467 e. The van der Waals surface area contributed by atoms with Crippen molar-refractivity contribution in [1.29, 1.82) is 0 Å². The molecule has 1 unspecified atom stereocenters. The van der Waals surface area contributed by atoms with Gasteiger partial charge in [-0.2, -0.15) is 16.4 Å². The molecule has 0 saturated carbocycles. The van der Waals surface area contributed by atoms with Crippen LogP contribution in [0.5, 0.6) is 0 Å². The van der Waals surface area contributed by atoms with Crippen molar-refractivity contribution in [3.05, 3.63) is 81.4 Å². The number of carbonyl (C=O) groups is 1. The zero-order chi connectivity index (χ0) is 20.2. The molecule has 0 bridgehead atoms. The number of nitrogens with two attached hydrogens (primary N) is 1. The van der Waals surface area contributed by atoms with Crippen LogP contribution in [-0.2, 0) is 9.63 Å². The Morgan fingerprint density at radius 2 is 2.17 bits per heavy atom. The summed E-state index contributed by atoms with van der Waals surface area (Å²) in [6.45, 7) is -0.292. The fourth-order valence-electron chi connectivity index (χ4n) is 2.95. The number of rotatable bonds is 6. The van der Waals surface area contributed by atoms with E-state index in [4.69, 9.17) is 26.6 Å². The van der Waals surface area contributed by atoms with Crippen LogP contribution >= 0.6 is 22.9 Å². The van der Waals surface area contributed by atoms with E-state index in [1.54, 1.807) is 24.5 Å². The van der Waals surface area contributed by atoms with E-state index in [9.17, 15) is 4.79 Å². The van der Waals surface area contributed by atoms with Crippen LogP contribution in [0.3, 0.4) is 0 Å². The molecule has 0 radical (unpaired) electrons. The largest absolute Gasteiger partial charge is 0.467 e. The summed E-state index contributed by atoms with van der Waals surface area (Å²) < 4.78 is 5.52. The summed E-state index contributed by atoms with van der Waals surface area (Å²) in [6.07, 6.45) is 2.09. The van der Waals surface area contributed by atoms with Crippen molar-refractivity contribution in [1.82, 2.24) is 5.01 Å². The lowest BCUT2D eigenvalue weighted by molar-refractivity contribution is -0.138. The van der Waals surface area contributed by atoms with Gasteiger partial charge in [0.1, 0.15) is 11.8 Å². The Kier molecular flexibility index (Phi) is 5.64. The van der Waals surface area contributed by atoms with E-state index >= 15 is 0 Å². The molecule has 29 heavy (non-hydrogen) atoms. The van der Waals surface area contributed by atoms with Crippen LogP contribution in [0.15, 0.2) is 74.2 Å². The molecule has 148 valence electrons. The van der Waals surface area contributed by atoms with E-state index in [-0.39, 0.29) is 24.4 Å². The average molecular weight is 429 g/mol. The molecular weight excluding hydrogens is 412 g/mol. The van der Waals surface area contributed by atoms with Gasteiger partial charge in [0.2, 0.25) is 0 Å². The third-order valence-corrected chi connectivity index (χ3v) is 5.32. The van der Waals surface area contributed by atoms with Crippen LogP contribution in [0.25, 0.3) is 0 Å². The zero-order valence-electron chi connectivity index (χ0n) is 15.2. The molecule has 3 heterocycles. The summed E-state index contributed by atoms with van der Waals surface area (Å²) in [5.74, 6) is 0.512. The molecule has 0 fully saturated rings. The van der Waals surface area contributed by atoms with E-state index in [1.165, 1.54) is 16.3 Å². The first-order valence-corrected chi connectivity index (χ1v) is 10.1. The molecule has 4 rings (SSSR count). The van der Waals surface area contributed by atoms with Gasteiger partial charge >= 0.3 is 0 Å². The van der Waals surface area contributed by atoms with E-state index in [2.05, 4.69) is 10.3 Å². The SMILES string of the molecule is N/C(=N\OCC(=O)N1N=C(c2ccc(Cl)cc2)CC1c1ccco1)c1ccsc1. The number of carbonyl (C=O) groups excluding carboxylic acids is 1. The number of thiophene rings is 1. The predicted octanol–water partition coefficient (Wildman–Crippen LogP) is 4.01. The minimum absolute atomic E-state index is 0.216. The molecule has 2 N–H and O–H groups in total. The Morgan fingerprint density at radius 3 is 2.86 bits per heavy atom. The molecular formula is C20H17ClN4O3S. The third kappa shape index (κ3) is 4.33. The molecule has 1 aliphatic rings. The van der Waals surface area contributed by atoms with Crippen LogP contribution in [0.4, 0.5) is 0 Å². The second-order valence-corrected chi connectivity index (χ2v) is 7.51. The van der Waals surface area contributed by atoms with Crippen LogP contribution in [-0.4, -0.2) is 29.1 Å². The van der Waals surface area contributed by atoms with Gasteiger partial charge in [0.15, 0.2) is 12.4 Å². The Labute approximate surface area is 176 Å². The van der Waals surface area contributed by atoms with Gasteiger partial charge in [-0.3, -0.25) is 4.79 Å². The summed E-state index contributed by atoms with van der Waals surface area (Å²) in [6, 6.07) is 12.4. The molecule has 1 aliphatic heterocycles. The van der Waals surface area contributed by atoms with Gasteiger partial charge in [0.25, 0.3) is 5.91 Å². The van der Waals surface area contributed by atoms with Gasteiger partial charge < -0.3 is 15.0 Å². The maximum Gasteiger partial charge on any atom is 0.284 e. The number of oxime groups is 1. The first kappa shape index (κ1) is 19.2. The van der Waals surface area contributed by atoms with Gasteiger partial charge in [0, 0.05) is 22.4 Å². The summed E-state index contributed by atoms with van der Waals surface area (Å²) in [7, 11) is 0. The number of amidine groups is 1. The molecule has 0 aliphatic carbocycles. The van der Waals surface area contributed by atoms with E-state index < -0.39 is 0 Å². The van der Waals surface area contributed by atoms with Crippen LogP contribution in [0, 0.1) is 0 Å². The maximum atomic E-state index is 12.8. The second-order valence-electron chi connectivity index (χ2n) is 6.29. The number of hydrogen-bond donors (Lipinski definition) is 1. The van der Waals surface area contributed by atoms with Crippen molar-refractivity contribution in [2.75, 3.05) is 6.61 Å². The molecule has 2 aromatic heterocycles. The second kappa shape index (κ2) is 8.50. The van der Waals surface area contributed by atoms with Crippen molar-refractivity contribution in [3.8, 4) is 0 Å². The molecule has 1 amide bonds. The number of hydrogen-bond acceptors (Lipinski definition) is 6. The first-order valence-electron chi connectivity index (χ1n) is 8.78. The van der Waals surface area contributed by atoms with Crippen molar-refractivity contribution in [2.24, 2.45) is 16.0 Å². The van der Waals surface area contributed by atoms with Crippen molar-refractivity contribution >= 4 is 40.4 Å². The minimum atomic E-state index is -0.357. The highest BCUT2D eigenvalue weighted by molar-refractivity contribution is 7.08. The van der Waals surface area contributed by atoms with Crippen LogP contribution in [0.1, 0.15) is 29.3 Å². The summed E-state index contributed by atoms with van der Waals surface area (Å²) >= 11 is 7.47. The normalized spacial score (nSPS) is 16.7. The van der Waals surface area contributed by atoms with Crippen molar-refractivity contribution < 1.29 is 14.0 Å². The van der Waals surface area contributed by atoms with E-state index in [0.29, 0.717) is 17.2 Å². The van der Waals surface area contributed by atoms with Gasteiger partial charge in [-0.05, 0) is 41.3 Å². The Morgan fingerprint density at radius 1 is 1.34 bits per heavy atom. The summed E-state index contributed by atoms with van der Waals surface area (Å²) in [5.41, 5.74) is 8.25. The topological polar surface area (TPSA) is 93.4 Å². The molecule has 9 heteroatoms. The fraction of sp³-hybridized carbons (Fsp3) is 0.150. The average Bonchev–Trinajstić information content (AvgIpc) is 3.49. The van der Waals surface area contributed by atoms with E-state index in [1.807, 2.05) is 35.0 Å². The van der Waals surface area contributed by atoms with Gasteiger partial charge in [-0.15, -0.1) is 0 Å². The molecule has 0 spiro atoms. The highest BCUT2D eigenvalue weighted by Gasteiger charge is 2.35. The zero-order valence-corrected chi connectivity index (χ0v) is 16.8. The molecule has 3 aromatic rings. The van der Waals surface area contributed by atoms with Gasteiger partial charge in [-0.25, -0.2) is 5.01 Å². The highest BCUT2D eigenvalue weighted by Crippen LogP contribution is 2.33. The lowest BCUT2D eigenvalue weighted by atomic mass is 10.0. The third-order valence-electron chi connectivity index (χ3n) is 4.38. The van der Waals surface area contributed by atoms with Crippen LogP contribution < -0.4 is 5.73 Å².